The van der Waals surface area contributed by atoms with E-state index < -0.39 is 0 Å². The number of benzene rings is 1. The van der Waals surface area contributed by atoms with Crippen molar-refractivity contribution in [3.63, 3.8) is 0 Å². The van der Waals surface area contributed by atoms with Crippen LogP contribution in [0, 0.1) is 0 Å². The molecule has 2 atom stereocenters. The standard InChI is InChI=1S/C16H16N6O2/c1-2-4-11(5-3-1)15-18-16(24-19-15)21-7-6-13-14(9-21)23-10-12-8-17-20-22(12)13/h1-5,8,13-14H,6-7,9-10H2. The van der Waals surface area contributed by atoms with Crippen LogP contribution in [0.3, 0.4) is 0 Å². The average Bonchev–Trinajstić information content (AvgIpc) is 3.31. The van der Waals surface area contributed by atoms with E-state index in [-0.39, 0.29) is 12.1 Å². The van der Waals surface area contributed by atoms with E-state index in [1.54, 1.807) is 6.20 Å². The van der Waals surface area contributed by atoms with E-state index in [0.717, 1.165) is 24.2 Å². The molecule has 0 bridgehead atoms. The third-order valence-corrected chi connectivity index (χ3v) is 4.65. The van der Waals surface area contributed by atoms with E-state index >= 15 is 0 Å². The predicted molar refractivity (Wildman–Crippen MR) is 84.2 cm³/mol. The summed E-state index contributed by atoms with van der Waals surface area (Å²) in [5.74, 6) is 0.607. The lowest BCUT2D eigenvalue weighted by Crippen LogP contribution is -2.48. The van der Waals surface area contributed by atoms with Gasteiger partial charge in [-0.05, 0) is 6.42 Å². The molecule has 0 N–H and O–H groups in total. The third kappa shape index (κ3) is 2.18. The molecule has 4 heterocycles. The van der Waals surface area contributed by atoms with E-state index in [4.69, 9.17) is 9.26 Å². The molecule has 3 aromatic rings. The van der Waals surface area contributed by atoms with Crippen LogP contribution in [-0.2, 0) is 11.3 Å². The normalized spacial score (nSPS) is 22.9. The van der Waals surface area contributed by atoms with Gasteiger partial charge < -0.3 is 14.2 Å². The van der Waals surface area contributed by atoms with Crippen molar-refractivity contribution in [2.75, 3.05) is 18.0 Å². The van der Waals surface area contributed by atoms with Crippen molar-refractivity contribution in [2.24, 2.45) is 0 Å². The Morgan fingerprint density at radius 1 is 1.17 bits per heavy atom. The second-order valence-electron chi connectivity index (χ2n) is 6.09. The first kappa shape index (κ1) is 13.7. The van der Waals surface area contributed by atoms with Gasteiger partial charge in [-0.1, -0.05) is 40.7 Å². The van der Waals surface area contributed by atoms with Gasteiger partial charge in [0, 0.05) is 12.1 Å². The van der Waals surface area contributed by atoms with Crippen LogP contribution in [0.1, 0.15) is 18.2 Å². The monoisotopic (exact) mass is 324 g/mol. The summed E-state index contributed by atoms with van der Waals surface area (Å²) in [4.78, 5) is 6.62. The Hall–Kier alpha value is -2.74. The van der Waals surface area contributed by atoms with Crippen molar-refractivity contribution >= 4 is 6.01 Å². The van der Waals surface area contributed by atoms with Gasteiger partial charge in [-0.3, -0.25) is 0 Å². The van der Waals surface area contributed by atoms with Crippen molar-refractivity contribution in [1.29, 1.82) is 0 Å². The quantitative estimate of drug-likeness (QED) is 0.709. The Morgan fingerprint density at radius 3 is 3.00 bits per heavy atom. The Kier molecular flexibility index (Phi) is 3.08. The van der Waals surface area contributed by atoms with Gasteiger partial charge in [-0.25, -0.2) is 4.68 Å². The van der Waals surface area contributed by atoms with Gasteiger partial charge >= 0.3 is 6.01 Å². The van der Waals surface area contributed by atoms with Crippen LogP contribution in [0.4, 0.5) is 6.01 Å². The molecule has 1 aromatic carbocycles. The maximum atomic E-state index is 5.98. The van der Waals surface area contributed by atoms with Crippen LogP contribution in [-0.4, -0.2) is 44.3 Å². The molecule has 0 aliphatic carbocycles. The second-order valence-corrected chi connectivity index (χ2v) is 6.09. The predicted octanol–water partition coefficient (Wildman–Crippen LogP) is 1.68. The van der Waals surface area contributed by atoms with Gasteiger partial charge in [0.05, 0.1) is 37.2 Å². The number of hydrogen-bond acceptors (Lipinski definition) is 7. The van der Waals surface area contributed by atoms with Crippen LogP contribution in [0.2, 0.25) is 0 Å². The summed E-state index contributed by atoms with van der Waals surface area (Å²) in [6, 6.07) is 10.6. The lowest BCUT2D eigenvalue weighted by Gasteiger charge is -2.40. The molecule has 0 amide bonds. The molecule has 5 rings (SSSR count). The molecule has 2 aliphatic rings. The molecular formula is C16H16N6O2. The molecule has 0 radical (unpaired) electrons. The zero-order valence-electron chi connectivity index (χ0n) is 12.9. The summed E-state index contributed by atoms with van der Waals surface area (Å²) in [6.07, 6.45) is 2.73. The highest BCUT2D eigenvalue weighted by molar-refractivity contribution is 5.55. The highest BCUT2D eigenvalue weighted by Crippen LogP contribution is 2.32. The van der Waals surface area contributed by atoms with E-state index in [9.17, 15) is 0 Å². The summed E-state index contributed by atoms with van der Waals surface area (Å²) < 4.78 is 13.4. The molecule has 8 heteroatoms. The number of aromatic nitrogens is 5. The first-order valence-corrected chi connectivity index (χ1v) is 8.03. The molecule has 2 unspecified atom stereocenters. The van der Waals surface area contributed by atoms with Crippen molar-refractivity contribution in [3.05, 3.63) is 42.2 Å². The third-order valence-electron chi connectivity index (χ3n) is 4.65. The number of anilines is 1. The fourth-order valence-corrected chi connectivity index (χ4v) is 3.41. The van der Waals surface area contributed by atoms with Crippen LogP contribution in [0.15, 0.2) is 41.1 Å². The molecule has 8 nitrogen and oxygen atoms in total. The van der Waals surface area contributed by atoms with Crippen molar-refractivity contribution in [2.45, 2.75) is 25.2 Å². The van der Waals surface area contributed by atoms with Crippen LogP contribution >= 0.6 is 0 Å². The molecule has 0 saturated carbocycles. The molecule has 0 spiro atoms. The largest absolute Gasteiger partial charge is 0.368 e. The van der Waals surface area contributed by atoms with E-state index in [0.29, 0.717) is 25.0 Å². The minimum absolute atomic E-state index is 0.0556. The van der Waals surface area contributed by atoms with Crippen LogP contribution in [0.25, 0.3) is 11.4 Å². The first-order chi connectivity index (χ1) is 11.9. The Morgan fingerprint density at radius 2 is 2.08 bits per heavy atom. The fourth-order valence-electron chi connectivity index (χ4n) is 3.41. The lowest BCUT2D eigenvalue weighted by atomic mass is 10.0. The van der Waals surface area contributed by atoms with Gasteiger partial charge in [-0.2, -0.15) is 4.98 Å². The maximum absolute atomic E-state index is 5.98. The number of rotatable bonds is 2. The second kappa shape index (κ2) is 5.41. The van der Waals surface area contributed by atoms with Crippen molar-refractivity contribution in [3.8, 4) is 11.4 Å². The summed E-state index contributed by atoms with van der Waals surface area (Å²) in [6.45, 7) is 2.07. The van der Waals surface area contributed by atoms with E-state index in [2.05, 4.69) is 25.4 Å². The zero-order chi connectivity index (χ0) is 15.9. The average molecular weight is 324 g/mol. The smallest absolute Gasteiger partial charge is 0.324 e. The fraction of sp³-hybridized carbons (Fsp3) is 0.375. The molecule has 24 heavy (non-hydrogen) atoms. The Bertz CT molecular complexity index is 845. The zero-order valence-corrected chi connectivity index (χ0v) is 12.9. The van der Waals surface area contributed by atoms with Crippen molar-refractivity contribution < 1.29 is 9.26 Å². The van der Waals surface area contributed by atoms with E-state index in [1.807, 2.05) is 35.0 Å². The lowest BCUT2D eigenvalue weighted by molar-refractivity contribution is -0.0342. The molecular weight excluding hydrogens is 308 g/mol. The van der Waals surface area contributed by atoms with Crippen molar-refractivity contribution in [1.82, 2.24) is 25.1 Å². The Balaban J connectivity index is 1.36. The van der Waals surface area contributed by atoms with Gasteiger partial charge in [0.25, 0.3) is 0 Å². The minimum atomic E-state index is 0.0556. The van der Waals surface area contributed by atoms with Gasteiger partial charge in [-0.15, -0.1) is 5.10 Å². The van der Waals surface area contributed by atoms with Gasteiger partial charge in [0.2, 0.25) is 5.82 Å². The molecule has 2 aromatic heterocycles. The number of piperidine rings is 1. The number of ether oxygens (including phenoxy) is 1. The first-order valence-electron chi connectivity index (χ1n) is 8.03. The Labute approximate surface area is 138 Å². The van der Waals surface area contributed by atoms with E-state index in [1.165, 1.54) is 0 Å². The summed E-state index contributed by atoms with van der Waals surface area (Å²) >= 11 is 0. The number of fused-ring (bicyclic) bond motifs is 3. The molecule has 2 aliphatic heterocycles. The van der Waals surface area contributed by atoms with Crippen LogP contribution in [0.5, 0.6) is 0 Å². The minimum Gasteiger partial charge on any atom is -0.368 e. The highest BCUT2D eigenvalue weighted by atomic mass is 16.5. The number of nitrogens with zero attached hydrogens (tertiary/aromatic N) is 6. The molecule has 1 fully saturated rings. The summed E-state index contributed by atoms with van der Waals surface area (Å²) in [5, 5.41) is 12.3. The van der Waals surface area contributed by atoms with Gasteiger partial charge in [0.1, 0.15) is 0 Å². The van der Waals surface area contributed by atoms with Crippen LogP contribution < -0.4 is 4.90 Å². The number of hydrogen-bond donors (Lipinski definition) is 0. The summed E-state index contributed by atoms with van der Waals surface area (Å²) in [7, 11) is 0. The maximum Gasteiger partial charge on any atom is 0.324 e. The highest BCUT2D eigenvalue weighted by Gasteiger charge is 2.37. The molecule has 1 saturated heterocycles. The molecule has 122 valence electrons. The SMILES string of the molecule is c1ccc(-c2noc(N3CCC4C(C3)OCc3cnnn34)n2)cc1. The summed E-state index contributed by atoms with van der Waals surface area (Å²) in [5.41, 5.74) is 1.98. The topological polar surface area (TPSA) is 82.1 Å². The van der Waals surface area contributed by atoms with Gasteiger partial charge in [0.15, 0.2) is 0 Å².